The van der Waals surface area contributed by atoms with E-state index in [4.69, 9.17) is 22.2 Å². The molecule has 3 heterocycles. The molecule has 12 heteroatoms. The van der Waals surface area contributed by atoms with Gasteiger partial charge in [-0.05, 0) is 69.6 Å². The molecule has 0 radical (unpaired) electrons. The predicted molar refractivity (Wildman–Crippen MR) is 128 cm³/mol. The Bertz CT molecular complexity index is 1230. The summed E-state index contributed by atoms with van der Waals surface area (Å²) in [6, 6.07) is 4.95. The summed E-state index contributed by atoms with van der Waals surface area (Å²) in [7, 11) is 2.06. The van der Waals surface area contributed by atoms with Crippen LogP contribution >= 0.6 is 12.2 Å². The van der Waals surface area contributed by atoms with Gasteiger partial charge in [0, 0.05) is 13.1 Å². The minimum Gasteiger partial charge on any atom is -0.460 e. The first kappa shape index (κ1) is 24.4. The average Bonchev–Trinajstić information content (AvgIpc) is 3.07. The minimum absolute atomic E-state index is 0.0224. The first-order valence-electron chi connectivity index (χ1n) is 11.6. The Morgan fingerprint density at radius 1 is 1.17 bits per heavy atom. The summed E-state index contributed by atoms with van der Waals surface area (Å²) in [4.78, 5) is 27.2. The Hall–Kier alpha value is -3.30. The Morgan fingerprint density at radius 2 is 1.83 bits per heavy atom. The molecular weight excluding hydrogens is 493 g/mol. The number of hydrogen-bond acceptors (Lipinski definition) is 7. The molecule has 0 atom stereocenters. The van der Waals surface area contributed by atoms with Crippen molar-refractivity contribution < 1.29 is 22.7 Å². The third-order valence-corrected chi connectivity index (χ3v) is 7.46. The molecule has 0 unspecified atom stereocenters. The standard InChI is InChI=1S/C24H23F3N6O2S/c1-31-9-5-18(6-10-31)35-21-29-13-17(14-30-21)33-22(36)32(20(34)23(33)7-2-8-23)16-4-3-15(12-28)19(11-16)24(25,26)27/h3-4,11,13-14,18H,2,5-10H2,1H3. The number of likely N-dealkylation sites (tertiary alicyclic amines) is 1. The van der Waals surface area contributed by atoms with Crippen LogP contribution in [0.25, 0.3) is 0 Å². The zero-order valence-electron chi connectivity index (χ0n) is 19.5. The first-order valence-corrected chi connectivity index (χ1v) is 12.0. The number of benzene rings is 1. The number of amides is 1. The van der Waals surface area contributed by atoms with Crippen LogP contribution < -0.4 is 14.5 Å². The number of nitriles is 1. The van der Waals surface area contributed by atoms with Gasteiger partial charge < -0.3 is 9.64 Å². The lowest BCUT2D eigenvalue weighted by atomic mass is 9.75. The van der Waals surface area contributed by atoms with Crippen LogP contribution in [0.5, 0.6) is 6.01 Å². The van der Waals surface area contributed by atoms with Crippen LogP contribution in [0.3, 0.4) is 0 Å². The number of carbonyl (C=O) groups is 1. The molecule has 2 saturated heterocycles. The third-order valence-electron chi connectivity index (χ3n) is 7.09. The maximum atomic E-state index is 13.6. The van der Waals surface area contributed by atoms with E-state index in [1.54, 1.807) is 11.0 Å². The van der Waals surface area contributed by atoms with Crippen molar-refractivity contribution in [2.45, 2.75) is 49.9 Å². The van der Waals surface area contributed by atoms with Crippen LogP contribution in [0.15, 0.2) is 30.6 Å². The van der Waals surface area contributed by atoms with Crippen molar-refractivity contribution in [1.82, 2.24) is 14.9 Å². The highest BCUT2D eigenvalue weighted by molar-refractivity contribution is 7.81. The summed E-state index contributed by atoms with van der Waals surface area (Å²) in [5, 5.41) is 9.16. The second-order valence-electron chi connectivity index (χ2n) is 9.33. The molecule has 0 bridgehead atoms. The molecule has 1 saturated carbocycles. The number of halogens is 3. The van der Waals surface area contributed by atoms with Crippen molar-refractivity contribution in [3.8, 4) is 12.1 Å². The molecule has 36 heavy (non-hydrogen) atoms. The van der Waals surface area contributed by atoms with Crippen LogP contribution in [0, 0.1) is 11.3 Å². The number of hydrogen-bond donors (Lipinski definition) is 0. The number of thiocarbonyl (C=S) groups is 1. The van der Waals surface area contributed by atoms with Crippen molar-refractivity contribution in [3.05, 3.63) is 41.7 Å². The van der Waals surface area contributed by atoms with E-state index in [2.05, 4.69) is 21.9 Å². The zero-order valence-corrected chi connectivity index (χ0v) is 20.3. The van der Waals surface area contributed by atoms with Crippen molar-refractivity contribution in [1.29, 1.82) is 5.26 Å². The SMILES string of the molecule is CN1CCC(Oc2ncc(N3C(=S)N(c4ccc(C#N)c(C(F)(F)F)c4)C(=O)C34CCC4)cn2)CC1. The van der Waals surface area contributed by atoms with E-state index in [9.17, 15) is 18.0 Å². The minimum atomic E-state index is -4.75. The molecule has 1 aromatic carbocycles. The Balaban J connectivity index is 1.43. The number of rotatable bonds is 4. The highest BCUT2D eigenvalue weighted by atomic mass is 32.1. The van der Waals surface area contributed by atoms with Gasteiger partial charge in [0.2, 0.25) is 0 Å². The van der Waals surface area contributed by atoms with Crippen LogP contribution in [0.4, 0.5) is 24.5 Å². The van der Waals surface area contributed by atoms with Gasteiger partial charge in [-0.3, -0.25) is 14.6 Å². The lowest BCUT2D eigenvalue weighted by molar-refractivity contribution is -0.137. The summed E-state index contributed by atoms with van der Waals surface area (Å²) in [6.07, 6.45) is 1.84. The quantitative estimate of drug-likeness (QED) is 0.566. The maximum Gasteiger partial charge on any atom is 0.417 e. The highest BCUT2D eigenvalue weighted by Crippen LogP contribution is 2.48. The fourth-order valence-electron chi connectivity index (χ4n) is 4.95. The van der Waals surface area contributed by atoms with E-state index in [0.29, 0.717) is 18.5 Å². The summed E-state index contributed by atoms with van der Waals surface area (Å²) in [6.45, 7) is 1.85. The number of ether oxygens (including phenoxy) is 1. The molecule has 3 aliphatic rings. The molecule has 1 amide bonds. The maximum absolute atomic E-state index is 13.6. The molecule has 1 aliphatic carbocycles. The third kappa shape index (κ3) is 4.06. The Morgan fingerprint density at radius 3 is 2.39 bits per heavy atom. The van der Waals surface area contributed by atoms with Crippen LogP contribution in [-0.4, -0.2) is 57.7 Å². The molecule has 1 spiro atoms. The topological polar surface area (TPSA) is 85.6 Å². The van der Waals surface area contributed by atoms with Gasteiger partial charge in [-0.1, -0.05) is 0 Å². The van der Waals surface area contributed by atoms with Gasteiger partial charge in [-0.15, -0.1) is 0 Å². The van der Waals surface area contributed by atoms with Gasteiger partial charge in [0.1, 0.15) is 11.6 Å². The van der Waals surface area contributed by atoms with Crippen molar-refractivity contribution in [2.24, 2.45) is 0 Å². The van der Waals surface area contributed by atoms with Crippen molar-refractivity contribution in [2.75, 3.05) is 29.9 Å². The van der Waals surface area contributed by atoms with Crippen LogP contribution in [-0.2, 0) is 11.0 Å². The largest absolute Gasteiger partial charge is 0.460 e. The van der Waals surface area contributed by atoms with Gasteiger partial charge in [0.25, 0.3) is 5.91 Å². The summed E-state index contributed by atoms with van der Waals surface area (Å²) in [5.74, 6) is -0.400. The second-order valence-corrected chi connectivity index (χ2v) is 9.69. The molecule has 3 fully saturated rings. The van der Waals surface area contributed by atoms with E-state index in [-0.39, 0.29) is 22.9 Å². The number of aromatic nitrogens is 2. The fourth-order valence-corrected chi connectivity index (χ4v) is 5.42. The monoisotopic (exact) mass is 516 g/mol. The van der Waals surface area contributed by atoms with Gasteiger partial charge >= 0.3 is 12.2 Å². The van der Waals surface area contributed by atoms with Gasteiger partial charge in [-0.25, -0.2) is 9.97 Å². The fraction of sp³-hybridized carbons (Fsp3) is 0.458. The molecule has 1 aromatic heterocycles. The van der Waals surface area contributed by atoms with Crippen LogP contribution in [0.1, 0.15) is 43.2 Å². The summed E-state index contributed by atoms with van der Waals surface area (Å²) < 4.78 is 46.6. The normalized spacial score (nSPS) is 20.5. The molecule has 8 nitrogen and oxygen atoms in total. The van der Waals surface area contributed by atoms with E-state index >= 15 is 0 Å². The molecule has 188 valence electrons. The van der Waals surface area contributed by atoms with Gasteiger partial charge in [-0.2, -0.15) is 18.4 Å². The molecule has 2 aromatic rings. The predicted octanol–water partition coefficient (Wildman–Crippen LogP) is 3.90. The highest BCUT2D eigenvalue weighted by Gasteiger charge is 2.60. The molecular formula is C24H23F3N6O2S. The van der Waals surface area contributed by atoms with Crippen LogP contribution in [0.2, 0.25) is 0 Å². The van der Waals surface area contributed by atoms with E-state index in [0.717, 1.165) is 49.4 Å². The number of carbonyl (C=O) groups excluding carboxylic acids is 1. The molecule has 5 rings (SSSR count). The van der Waals surface area contributed by atoms with E-state index in [1.807, 2.05) is 0 Å². The van der Waals surface area contributed by atoms with E-state index < -0.39 is 28.7 Å². The number of alkyl halides is 3. The van der Waals surface area contributed by atoms with Crippen molar-refractivity contribution in [3.63, 3.8) is 0 Å². The zero-order chi connectivity index (χ0) is 25.7. The van der Waals surface area contributed by atoms with E-state index in [1.165, 1.54) is 18.5 Å². The molecule has 0 N–H and O–H groups in total. The lowest BCUT2D eigenvalue weighted by Gasteiger charge is -2.42. The smallest absolute Gasteiger partial charge is 0.417 e. The summed E-state index contributed by atoms with van der Waals surface area (Å²) >= 11 is 5.62. The summed E-state index contributed by atoms with van der Waals surface area (Å²) in [5.41, 5.74) is -2.20. The Kier molecular flexibility index (Phi) is 6.08. The van der Waals surface area contributed by atoms with Crippen molar-refractivity contribution >= 4 is 34.6 Å². The average molecular weight is 517 g/mol. The molecule has 2 aliphatic heterocycles. The number of piperidine rings is 1. The number of nitrogens with zero attached hydrogens (tertiary/aromatic N) is 6. The second kappa shape index (κ2) is 8.97. The first-order chi connectivity index (χ1) is 17.1. The van der Waals surface area contributed by atoms with Gasteiger partial charge in [0.15, 0.2) is 5.11 Å². The lowest BCUT2D eigenvalue weighted by Crippen LogP contribution is -2.55. The Labute approximate surface area is 211 Å². The van der Waals surface area contributed by atoms with Gasteiger partial charge in [0.05, 0.1) is 41.0 Å². The number of anilines is 2.